The molecule has 0 aliphatic carbocycles. The SMILES string of the molecule is CCOC(=O)CC1=NOC(O)(C(F)(F)C(F)(F)C(F)(F)F)C1. The molecule has 1 rings (SSSR count). The Morgan fingerprint density at radius 3 is 2.32 bits per heavy atom. The fourth-order valence-corrected chi connectivity index (χ4v) is 1.55. The lowest BCUT2D eigenvalue weighted by atomic mass is 9.96. The quantitative estimate of drug-likeness (QED) is 0.615. The van der Waals surface area contributed by atoms with Crippen molar-refractivity contribution in [1.82, 2.24) is 0 Å². The third-order valence-electron chi connectivity index (χ3n) is 2.66. The number of halogens is 7. The van der Waals surface area contributed by atoms with E-state index in [0.29, 0.717) is 0 Å². The first-order chi connectivity index (χ1) is 9.78. The number of aliphatic hydroxyl groups is 1. The van der Waals surface area contributed by atoms with Crippen LogP contribution in [0.25, 0.3) is 0 Å². The zero-order valence-electron chi connectivity index (χ0n) is 10.9. The van der Waals surface area contributed by atoms with Gasteiger partial charge in [0.25, 0.3) is 0 Å². The Kier molecular flexibility index (Phi) is 4.66. The largest absolute Gasteiger partial charge is 0.466 e. The van der Waals surface area contributed by atoms with Gasteiger partial charge in [0.2, 0.25) is 0 Å². The Morgan fingerprint density at radius 2 is 1.86 bits per heavy atom. The third-order valence-corrected chi connectivity index (χ3v) is 2.66. The molecule has 0 radical (unpaired) electrons. The van der Waals surface area contributed by atoms with Crippen LogP contribution in [0.4, 0.5) is 30.7 Å². The molecule has 0 fully saturated rings. The van der Waals surface area contributed by atoms with Gasteiger partial charge in [0.1, 0.15) is 0 Å². The highest BCUT2D eigenvalue weighted by molar-refractivity contribution is 5.99. The normalized spacial score (nSPS) is 23.0. The summed E-state index contributed by atoms with van der Waals surface area (Å²) >= 11 is 0. The second-order valence-electron chi connectivity index (χ2n) is 4.34. The van der Waals surface area contributed by atoms with Crippen LogP contribution in [0, 0.1) is 0 Å². The molecular formula is C10H10F7NO4. The number of ether oxygens (including phenoxy) is 1. The first-order valence-electron chi connectivity index (χ1n) is 5.73. The lowest BCUT2D eigenvalue weighted by molar-refractivity contribution is -0.424. The van der Waals surface area contributed by atoms with E-state index in [4.69, 9.17) is 0 Å². The molecule has 0 saturated carbocycles. The minimum Gasteiger partial charge on any atom is -0.466 e. The molecule has 0 aromatic carbocycles. The molecule has 0 saturated heterocycles. The monoisotopic (exact) mass is 341 g/mol. The molecule has 1 unspecified atom stereocenters. The van der Waals surface area contributed by atoms with Crippen molar-refractivity contribution in [1.29, 1.82) is 0 Å². The summed E-state index contributed by atoms with van der Waals surface area (Å²) in [6, 6.07) is 0. The summed E-state index contributed by atoms with van der Waals surface area (Å²) in [5.41, 5.74) is -0.654. The van der Waals surface area contributed by atoms with E-state index in [2.05, 4.69) is 14.7 Å². The predicted molar refractivity (Wildman–Crippen MR) is 55.3 cm³/mol. The highest BCUT2D eigenvalue weighted by Gasteiger charge is 2.82. The maximum Gasteiger partial charge on any atom is 0.460 e. The Hall–Kier alpha value is -1.59. The molecular weight excluding hydrogens is 331 g/mol. The van der Waals surface area contributed by atoms with Gasteiger partial charge in [-0.3, -0.25) is 4.79 Å². The van der Waals surface area contributed by atoms with Gasteiger partial charge >= 0.3 is 29.8 Å². The topological polar surface area (TPSA) is 68.1 Å². The Labute approximate surface area is 118 Å². The van der Waals surface area contributed by atoms with E-state index in [1.807, 2.05) is 0 Å². The van der Waals surface area contributed by atoms with Gasteiger partial charge in [-0.2, -0.15) is 30.7 Å². The second kappa shape index (κ2) is 5.56. The third kappa shape index (κ3) is 2.96. The summed E-state index contributed by atoms with van der Waals surface area (Å²) in [5.74, 6) is -17.8. The lowest BCUT2D eigenvalue weighted by Gasteiger charge is -2.35. The second-order valence-corrected chi connectivity index (χ2v) is 4.34. The molecule has 1 heterocycles. The van der Waals surface area contributed by atoms with Crippen molar-refractivity contribution in [3.63, 3.8) is 0 Å². The van der Waals surface area contributed by atoms with E-state index in [-0.39, 0.29) is 6.61 Å². The number of carbonyl (C=O) groups is 1. The van der Waals surface area contributed by atoms with Crippen LogP contribution in [-0.2, 0) is 14.4 Å². The van der Waals surface area contributed by atoms with E-state index < -0.39 is 48.3 Å². The highest BCUT2D eigenvalue weighted by atomic mass is 19.4. The molecule has 1 aliphatic heterocycles. The fourth-order valence-electron chi connectivity index (χ4n) is 1.55. The lowest BCUT2D eigenvalue weighted by Crippen LogP contribution is -2.64. The number of rotatable bonds is 5. The minimum atomic E-state index is -6.63. The van der Waals surface area contributed by atoms with Crippen molar-refractivity contribution < 1.29 is 50.2 Å². The van der Waals surface area contributed by atoms with Crippen LogP contribution in [0.1, 0.15) is 19.8 Å². The van der Waals surface area contributed by atoms with Gasteiger partial charge in [0.15, 0.2) is 0 Å². The van der Waals surface area contributed by atoms with E-state index in [0.717, 1.165) is 0 Å². The van der Waals surface area contributed by atoms with Crippen LogP contribution in [0.2, 0.25) is 0 Å². The fraction of sp³-hybridized carbons (Fsp3) is 0.800. The van der Waals surface area contributed by atoms with Crippen molar-refractivity contribution in [3.8, 4) is 0 Å². The summed E-state index contributed by atoms with van der Waals surface area (Å²) in [6.45, 7) is 1.33. The van der Waals surface area contributed by atoms with Crippen LogP contribution in [0.15, 0.2) is 5.16 Å². The maximum atomic E-state index is 13.4. The first-order valence-corrected chi connectivity index (χ1v) is 5.73. The van der Waals surface area contributed by atoms with Crippen LogP contribution < -0.4 is 0 Å². The van der Waals surface area contributed by atoms with Crippen LogP contribution in [-0.4, -0.2) is 47.2 Å². The van der Waals surface area contributed by atoms with Gasteiger partial charge in [-0.25, -0.2) is 0 Å². The van der Waals surface area contributed by atoms with Crippen LogP contribution >= 0.6 is 0 Å². The highest BCUT2D eigenvalue weighted by Crippen LogP contribution is 2.53. The summed E-state index contributed by atoms with van der Waals surface area (Å²) in [5, 5.41) is 12.1. The molecule has 0 aromatic rings. The van der Waals surface area contributed by atoms with E-state index in [1.54, 1.807) is 0 Å². The number of hydrogen-bond donors (Lipinski definition) is 1. The van der Waals surface area contributed by atoms with Gasteiger partial charge in [0.05, 0.1) is 25.2 Å². The summed E-state index contributed by atoms with van der Waals surface area (Å²) in [6.07, 6.45) is -8.94. The molecule has 0 amide bonds. The zero-order chi connectivity index (χ0) is 17.4. The molecule has 0 spiro atoms. The van der Waals surface area contributed by atoms with Crippen molar-refractivity contribution in [2.24, 2.45) is 5.16 Å². The molecule has 1 atom stereocenters. The first kappa shape index (κ1) is 18.5. The number of alkyl halides is 7. The molecule has 128 valence electrons. The van der Waals surface area contributed by atoms with Crippen molar-refractivity contribution in [2.75, 3.05) is 6.61 Å². The molecule has 5 nitrogen and oxygen atoms in total. The number of carbonyl (C=O) groups excluding carboxylic acids is 1. The number of oxime groups is 1. The minimum absolute atomic E-state index is 0.0838. The van der Waals surface area contributed by atoms with E-state index in [9.17, 15) is 40.6 Å². The number of hydrogen-bond acceptors (Lipinski definition) is 5. The Balaban J connectivity index is 2.92. The number of esters is 1. The molecule has 12 heteroatoms. The molecule has 0 bridgehead atoms. The van der Waals surface area contributed by atoms with E-state index >= 15 is 0 Å². The average Bonchev–Trinajstić information content (AvgIpc) is 2.71. The summed E-state index contributed by atoms with van der Waals surface area (Å²) < 4.78 is 93.1. The average molecular weight is 341 g/mol. The standard InChI is InChI=1S/C10H10F7NO4/c1-2-21-6(19)3-5-4-7(20,22-18-5)8(11,12)9(13,14)10(15,16)17/h20H,2-4H2,1H3. The summed E-state index contributed by atoms with van der Waals surface area (Å²) in [4.78, 5) is 14.7. The molecule has 22 heavy (non-hydrogen) atoms. The smallest absolute Gasteiger partial charge is 0.460 e. The van der Waals surface area contributed by atoms with Crippen LogP contribution in [0.3, 0.4) is 0 Å². The van der Waals surface area contributed by atoms with Gasteiger partial charge in [-0.1, -0.05) is 5.16 Å². The Bertz CT molecular complexity index is 476. The van der Waals surface area contributed by atoms with Crippen molar-refractivity contribution in [3.05, 3.63) is 0 Å². The molecule has 1 aliphatic rings. The maximum absolute atomic E-state index is 13.4. The van der Waals surface area contributed by atoms with Gasteiger partial charge < -0.3 is 14.7 Å². The molecule has 0 aromatic heterocycles. The predicted octanol–water partition coefficient (Wildman–Crippen LogP) is 2.24. The zero-order valence-corrected chi connectivity index (χ0v) is 10.9. The van der Waals surface area contributed by atoms with Gasteiger partial charge in [-0.15, -0.1) is 0 Å². The summed E-state index contributed by atoms with van der Waals surface area (Å²) in [7, 11) is 0. The Morgan fingerprint density at radius 1 is 1.32 bits per heavy atom. The van der Waals surface area contributed by atoms with Crippen molar-refractivity contribution >= 4 is 11.7 Å². The molecule has 1 N–H and O–H groups in total. The van der Waals surface area contributed by atoms with Gasteiger partial charge in [0, 0.05) is 0 Å². The van der Waals surface area contributed by atoms with E-state index in [1.165, 1.54) is 6.92 Å². The van der Waals surface area contributed by atoms with Gasteiger partial charge in [-0.05, 0) is 6.92 Å². The van der Waals surface area contributed by atoms with Crippen molar-refractivity contribution in [2.45, 2.75) is 43.6 Å². The number of nitrogens with zero attached hydrogens (tertiary/aromatic N) is 1. The van der Waals surface area contributed by atoms with Crippen LogP contribution in [0.5, 0.6) is 0 Å².